The monoisotopic (exact) mass is 398 g/mol. The quantitative estimate of drug-likeness (QED) is 0.577. The van der Waals surface area contributed by atoms with Crippen LogP contribution in [-0.4, -0.2) is 19.0 Å². The summed E-state index contributed by atoms with van der Waals surface area (Å²) < 4.78 is 20.7. The molecule has 0 saturated heterocycles. The molecule has 0 spiro atoms. The number of nitrogens with one attached hydrogen (secondary N) is 2. The van der Waals surface area contributed by atoms with E-state index >= 15 is 4.39 Å². The second-order valence-electron chi connectivity index (χ2n) is 5.89. The lowest BCUT2D eigenvalue weighted by Crippen LogP contribution is -2.38. The van der Waals surface area contributed by atoms with Gasteiger partial charge in [0.05, 0.1) is 5.02 Å². The summed E-state index contributed by atoms with van der Waals surface area (Å²) in [5, 5.41) is 6.65. The first-order valence-corrected chi connectivity index (χ1v) is 9.06. The van der Waals surface area contributed by atoms with Gasteiger partial charge in [-0.3, -0.25) is 4.79 Å². The molecule has 0 heterocycles. The fraction of sp³-hybridized carbons (Fsp3) is 0.316. The topological polar surface area (TPSA) is 50.4 Å². The molecule has 0 unspecified atom stereocenters. The summed E-state index contributed by atoms with van der Waals surface area (Å²) in [6, 6.07) is 9.59. The average molecular weight is 399 g/mol. The van der Waals surface area contributed by atoms with Crippen molar-refractivity contribution in [3.63, 3.8) is 0 Å². The van der Waals surface area contributed by atoms with Crippen molar-refractivity contribution in [2.45, 2.75) is 32.4 Å². The molecule has 0 aliphatic carbocycles. The van der Waals surface area contributed by atoms with E-state index in [1.165, 1.54) is 0 Å². The van der Waals surface area contributed by atoms with Crippen LogP contribution in [0.4, 0.5) is 4.39 Å². The fourth-order valence-electron chi connectivity index (χ4n) is 2.59. The number of carbonyl (C=O) groups excluding carboxylic acids is 1. The van der Waals surface area contributed by atoms with Crippen molar-refractivity contribution in [3.05, 3.63) is 57.8 Å². The highest BCUT2D eigenvalue weighted by atomic mass is 35.5. The molecule has 2 atom stereocenters. The maximum absolute atomic E-state index is 15.1. The van der Waals surface area contributed by atoms with Crippen LogP contribution in [-0.2, 0) is 4.79 Å². The predicted molar refractivity (Wildman–Crippen MR) is 103 cm³/mol. The van der Waals surface area contributed by atoms with Gasteiger partial charge in [-0.2, -0.15) is 0 Å². The lowest BCUT2D eigenvalue weighted by atomic mass is 10.0. The summed E-state index contributed by atoms with van der Waals surface area (Å²) in [6.07, 6.45) is 1.30. The van der Waals surface area contributed by atoms with Crippen LogP contribution in [0.5, 0.6) is 11.5 Å². The molecule has 4 nitrogen and oxygen atoms in total. The second-order valence-corrected chi connectivity index (χ2v) is 6.73. The molecule has 26 heavy (non-hydrogen) atoms. The van der Waals surface area contributed by atoms with Gasteiger partial charge >= 0.3 is 0 Å². The minimum atomic E-state index is -0.512. The van der Waals surface area contributed by atoms with Crippen molar-refractivity contribution in [2.24, 2.45) is 0 Å². The Morgan fingerprint density at radius 1 is 1.19 bits per heavy atom. The molecule has 0 fully saturated rings. The highest BCUT2D eigenvalue weighted by Gasteiger charge is 2.21. The summed E-state index contributed by atoms with van der Waals surface area (Å²) in [4.78, 5) is 10.4. The second kappa shape index (κ2) is 9.76. The number of benzene rings is 2. The summed E-state index contributed by atoms with van der Waals surface area (Å²) in [6.45, 7) is 4.31. The first-order chi connectivity index (χ1) is 12.5. The number of rotatable bonds is 9. The van der Waals surface area contributed by atoms with Crippen LogP contribution in [0.3, 0.4) is 0 Å². The molecule has 2 rings (SSSR count). The third-order valence-corrected chi connectivity index (χ3v) is 4.44. The Bertz CT molecular complexity index is 741. The lowest BCUT2D eigenvalue weighted by molar-refractivity contribution is -0.109. The summed E-state index contributed by atoms with van der Waals surface area (Å²) in [5.74, 6) is -0.0929. The number of amides is 1. The van der Waals surface area contributed by atoms with E-state index in [0.717, 1.165) is 0 Å². The molecule has 140 valence electrons. The number of hydrogen-bond donors (Lipinski definition) is 2. The van der Waals surface area contributed by atoms with Gasteiger partial charge in [0.1, 0.15) is 5.75 Å². The smallest absolute Gasteiger partial charge is 0.207 e. The Labute approximate surface area is 162 Å². The minimum Gasteiger partial charge on any atom is -0.453 e. The molecule has 0 radical (unpaired) electrons. The molecule has 1 amide bonds. The standard InChI is InChI=1S/C19H21Cl2FN2O2/c1-3-17(24-12(2)10-23-11-25)15-8-9-16(21)19(18(15)22)26-14-6-4-13(20)5-7-14/h4-9,11-12,17,24H,3,10H2,1-2H3,(H,23,25)/t12-,17-/m1/s1. The molecule has 0 aromatic heterocycles. The van der Waals surface area contributed by atoms with Crippen LogP contribution < -0.4 is 15.4 Å². The van der Waals surface area contributed by atoms with E-state index in [4.69, 9.17) is 27.9 Å². The Hall–Kier alpha value is -1.82. The van der Waals surface area contributed by atoms with Gasteiger partial charge in [-0.1, -0.05) is 36.2 Å². The molecule has 0 saturated carbocycles. The van der Waals surface area contributed by atoms with E-state index in [9.17, 15) is 4.79 Å². The molecular formula is C19H21Cl2FN2O2. The van der Waals surface area contributed by atoms with Crippen LogP contribution in [0.25, 0.3) is 0 Å². The van der Waals surface area contributed by atoms with E-state index in [2.05, 4.69) is 10.6 Å². The van der Waals surface area contributed by atoms with Crippen LogP contribution in [0.1, 0.15) is 31.9 Å². The predicted octanol–water partition coefficient (Wildman–Crippen LogP) is 5.10. The molecule has 2 aromatic carbocycles. The van der Waals surface area contributed by atoms with E-state index in [1.54, 1.807) is 36.4 Å². The average Bonchev–Trinajstić information content (AvgIpc) is 2.63. The van der Waals surface area contributed by atoms with E-state index in [-0.39, 0.29) is 22.9 Å². The largest absolute Gasteiger partial charge is 0.453 e. The molecule has 0 bridgehead atoms. The molecule has 7 heteroatoms. The third-order valence-electron chi connectivity index (χ3n) is 3.89. The first-order valence-electron chi connectivity index (χ1n) is 8.30. The molecule has 0 aliphatic rings. The zero-order valence-corrected chi connectivity index (χ0v) is 16.1. The van der Waals surface area contributed by atoms with Crippen molar-refractivity contribution >= 4 is 29.6 Å². The summed E-state index contributed by atoms with van der Waals surface area (Å²) >= 11 is 12.0. The highest BCUT2D eigenvalue weighted by molar-refractivity contribution is 6.32. The number of ether oxygens (including phenoxy) is 1. The van der Waals surface area contributed by atoms with Gasteiger partial charge in [-0.15, -0.1) is 0 Å². The van der Waals surface area contributed by atoms with Crippen molar-refractivity contribution in [3.8, 4) is 11.5 Å². The highest BCUT2D eigenvalue weighted by Crippen LogP contribution is 2.36. The maximum atomic E-state index is 15.1. The maximum Gasteiger partial charge on any atom is 0.207 e. The van der Waals surface area contributed by atoms with Gasteiger partial charge in [0.15, 0.2) is 11.6 Å². The van der Waals surface area contributed by atoms with E-state index in [1.807, 2.05) is 13.8 Å². The SMILES string of the molecule is CC[C@@H](N[C@H](C)CNC=O)c1ccc(Cl)c(Oc2ccc(Cl)cc2)c1F. The van der Waals surface area contributed by atoms with Gasteiger partial charge in [0, 0.05) is 29.2 Å². The Balaban J connectivity index is 2.25. The zero-order valence-electron chi connectivity index (χ0n) is 14.6. The van der Waals surface area contributed by atoms with Crippen LogP contribution in [0, 0.1) is 5.82 Å². The van der Waals surface area contributed by atoms with Crippen LogP contribution >= 0.6 is 23.2 Å². The van der Waals surface area contributed by atoms with Gasteiger partial charge < -0.3 is 15.4 Å². The summed E-state index contributed by atoms with van der Waals surface area (Å²) in [7, 11) is 0. The van der Waals surface area contributed by atoms with Gasteiger partial charge in [-0.05, 0) is 43.7 Å². The normalized spacial score (nSPS) is 13.1. The minimum absolute atomic E-state index is 0.0228. The summed E-state index contributed by atoms with van der Waals surface area (Å²) in [5.41, 5.74) is 0.457. The van der Waals surface area contributed by atoms with Crippen molar-refractivity contribution in [2.75, 3.05) is 6.54 Å². The van der Waals surface area contributed by atoms with E-state index < -0.39 is 5.82 Å². The molecule has 0 aliphatic heterocycles. The van der Waals surface area contributed by atoms with Crippen molar-refractivity contribution < 1.29 is 13.9 Å². The Morgan fingerprint density at radius 2 is 1.88 bits per heavy atom. The Morgan fingerprint density at radius 3 is 2.50 bits per heavy atom. The van der Waals surface area contributed by atoms with Gasteiger partial charge in [0.25, 0.3) is 0 Å². The van der Waals surface area contributed by atoms with Gasteiger partial charge in [-0.25, -0.2) is 4.39 Å². The zero-order chi connectivity index (χ0) is 19.1. The Kier molecular flexibility index (Phi) is 7.69. The molecule has 2 N–H and O–H groups in total. The third kappa shape index (κ3) is 5.34. The lowest BCUT2D eigenvalue weighted by Gasteiger charge is -2.24. The molecular weight excluding hydrogens is 378 g/mol. The van der Waals surface area contributed by atoms with Crippen LogP contribution in [0.15, 0.2) is 36.4 Å². The number of hydrogen-bond acceptors (Lipinski definition) is 3. The van der Waals surface area contributed by atoms with Gasteiger partial charge in [0.2, 0.25) is 6.41 Å². The van der Waals surface area contributed by atoms with Crippen LogP contribution in [0.2, 0.25) is 10.0 Å². The number of carbonyl (C=O) groups is 1. The van der Waals surface area contributed by atoms with Crippen molar-refractivity contribution in [1.82, 2.24) is 10.6 Å². The first kappa shape index (κ1) is 20.5. The van der Waals surface area contributed by atoms with Crippen molar-refractivity contribution in [1.29, 1.82) is 0 Å². The fourth-order valence-corrected chi connectivity index (χ4v) is 2.90. The molecule has 2 aromatic rings. The van der Waals surface area contributed by atoms with E-state index in [0.29, 0.717) is 35.7 Å². The number of halogens is 3.